The zero-order chi connectivity index (χ0) is 16.5. The number of aliphatic carboxylic acids is 1. The molecule has 0 aliphatic rings. The third-order valence-electron chi connectivity index (χ3n) is 2.91. The summed E-state index contributed by atoms with van der Waals surface area (Å²) in [6.07, 6.45) is -0.130. The van der Waals surface area contributed by atoms with Crippen LogP contribution in [0.1, 0.15) is 23.7 Å². The summed E-state index contributed by atoms with van der Waals surface area (Å²) >= 11 is 0. The molecule has 0 heterocycles. The average molecular weight is 308 g/mol. The monoisotopic (exact) mass is 308 g/mol. The molecule has 0 radical (unpaired) electrons. The topological polar surface area (TPSA) is 95.9 Å². The molecule has 0 saturated carbocycles. The Bertz CT molecular complexity index is 527. The van der Waals surface area contributed by atoms with Crippen LogP contribution in [-0.2, 0) is 9.59 Å². The van der Waals surface area contributed by atoms with E-state index < -0.39 is 5.97 Å². The van der Waals surface area contributed by atoms with Gasteiger partial charge in [0.2, 0.25) is 5.91 Å². The van der Waals surface area contributed by atoms with E-state index in [1.54, 1.807) is 24.3 Å². The first-order valence-electron chi connectivity index (χ1n) is 6.90. The van der Waals surface area contributed by atoms with E-state index in [1.165, 1.54) is 11.9 Å². The van der Waals surface area contributed by atoms with Crippen LogP contribution < -0.4 is 10.1 Å². The molecular formula is C15H20N2O5. The number of hydrogen-bond donors (Lipinski definition) is 2. The second-order valence-corrected chi connectivity index (χ2v) is 4.60. The van der Waals surface area contributed by atoms with Crippen molar-refractivity contribution in [1.29, 1.82) is 0 Å². The van der Waals surface area contributed by atoms with E-state index in [2.05, 4.69) is 5.32 Å². The standard InChI is InChI=1S/C15H20N2O5/c1-3-22-12-6-4-11(5-7-12)15(21)16-10-13(18)17(2)9-8-14(19)20/h4-7H,3,8-10H2,1-2H3,(H,16,21)(H,19,20). The lowest BCUT2D eigenvalue weighted by molar-refractivity contribution is -0.138. The van der Waals surface area contributed by atoms with Gasteiger partial charge in [-0.3, -0.25) is 14.4 Å². The number of nitrogens with one attached hydrogen (secondary N) is 1. The Labute approximate surface area is 128 Å². The van der Waals surface area contributed by atoms with Gasteiger partial charge in [0.25, 0.3) is 5.91 Å². The highest BCUT2D eigenvalue weighted by molar-refractivity contribution is 5.96. The lowest BCUT2D eigenvalue weighted by atomic mass is 10.2. The summed E-state index contributed by atoms with van der Waals surface area (Å²) in [4.78, 5) is 35.3. The largest absolute Gasteiger partial charge is 0.494 e. The summed E-state index contributed by atoms with van der Waals surface area (Å²) in [5.74, 6) is -1.02. The first-order chi connectivity index (χ1) is 10.4. The van der Waals surface area contributed by atoms with Crippen LogP contribution in [-0.4, -0.2) is 54.5 Å². The molecule has 120 valence electrons. The maximum absolute atomic E-state index is 11.9. The van der Waals surface area contributed by atoms with Crippen LogP contribution in [0.15, 0.2) is 24.3 Å². The van der Waals surface area contributed by atoms with Crippen LogP contribution in [0.25, 0.3) is 0 Å². The van der Waals surface area contributed by atoms with Crippen LogP contribution >= 0.6 is 0 Å². The van der Waals surface area contributed by atoms with Crippen molar-refractivity contribution in [2.45, 2.75) is 13.3 Å². The molecule has 0 aromatic heterocycles. The highest BCUT2D eigenvalue weighted by Crippen LogP contribution is 2.11. The van der Waals surface area contributed by atoms with Crippen molar-refractivity contribution in [2.24, 2.45) is 0 Å². The maximum atomic E-state index is 11.9. The quantitative estimate of drug-likeness (QED) is 0.739. The van der Waals surface area contributed by atoms with Gasteiger partial charge in [0, 0.05) is 19.2 Å². The molecule has 0 unspecified atom stereocenters. The number of carbonyl (C=O) groups is 3. The van der Waals surface area contributed by atoms with Crippen molar-refractivity contribution in [3.05, 3.63) is 29.8 Å². The van der Waals surface area contributed by atoms with Gasteiger partial charge in [-0.15, -0.1) is 0 Å². The summed E-state index contributed by atoms with van der Waals surface area (Å²) in [6.45, 7) is 2.34. The van der Waals surface area contributed by atoms with Gasteiger partial charge < -0.3 is 20.1 Å². The molecule has 22 heavy (non-hydrogen) atoms. The third-order valence-corrected chi connectivity index (χ3v) is 2.91. The number of benzene rings is 1. The lowest BCUT2D eigenvalue weighted by Gasteiger charge is -2.16. The fourth-order valence-corrected chi connectivity index (χ4v) is 1.65. The van der Waals surface area contributed by atoms with Crippen molar-refractivity contribution < 1.29 is 24.2 Å². The van der Waals surface area contributed by atoms with Gasteiger partial charge in [0.05, 0.1) is 19.6 Å². The van der Waals surface area contributed by atoms with E-state index in [0.29, 0.717) is 17.9 Å². The van der Waals surface area contributed by atoms with Crippen molar-refractivity contribution in [3.63, 3.8) is 0 Å². The zero-order valence-electron chi connectivity index (χ0n) is 12.7. The maximum Gasteiger partial charge on any atom is 0.305 e. The van der Waals surface area contributed by atoms with Crippen LogP contribution in [0.4, 0.5) is 0 Å². The second kappa shape index (κ2) is 8.66. The van der Waals surface area contributed by atoms with Gasteiger partial charge in [-0.1, -0.05) is 0 Å². The van der Waals surface area contributed by atoms with Gasteiger partial charge in [-0.25, -0.2) is 0 Å². The Kier molecular flexibility index (Phi) is 6.88. The third kappa shape index (κ3) is 5.82. The molecule has 1 aromatic rings. The van der Waals surface area contributed by atoms with Crippen molar-refractivity contribution in [3.8, 4) is 5.75 Å². The summed E-state index contributed by atoms with van der Waals surface area (Å²) < 4.78 is 5.28. The number of ether oxygens (including phenoxy) is 1. The van der Waals surface area contributed by atoms with Crippen LogP contribution in [0.5, 0.6) is 5.75 Å². The van der Waals surface area contributed by atoms with E-state index >= 15 is 0 Å². The van der Waals surface area contributed by atoms with E-state index in [1.807, 2.05) is 6.92 Å². The fourth-order valence-electron chi connectivity index (χ4n) is 1.65. The molecule has 0 aliphatic heterocycles. The van der Waals surface area contributed by atoms with E-state index in [9.17, 15) is 14.4 Å². The van der Waals surface area contributed by atoms with E-state index in [-0.39, 0.29) is 31.3 Å². The van der Waals surface area contributed by atoms with E-state index in [4.69, 9.17) is 9.84 Å². The molecule has 0 fully saturated rings. The molecule has 2 amide bonds. The molecule has 7 nitrogen and oxygen atoms in total. The predicted molar refractivity (Wildman–Crippen MR) is 79.8 cm³/mol. The van der Waals surface area contributed by atoms with Gasteiger partial charge in [0.15, 0.2) is 0 Å². The minimum absolute atomic E-state index is 0.104. The molecule has 7 heteroatoms. The molecular weight excluding hydrogens is 288 g/mol. The van der Waals surface area contributed by atoms with Gasteiger partial charge in [-0.2, -0.15) is 0 Å². The predicted octanol–water partition coefficient (Wildman–Crippen LogP) is 0.748. The summed E-state index contributed by atoms with van der Waals surface area (Å²) in [6, 6.07) is 6.58. The zero-order valence-corrected chi connectivity index (χ0v) is 12.7. The Morgan fingerprint density at radius 2 is 1.86 bits per heavy atom. The molecule has 0 atom stereocenters. The van der Waals surface area contributed by atoms with Gasteiger partial charge in [-0.05, 0) is 31.2 Å². The first kappa shape index (κ1) is 17.5. The van der Waals surface area contributed by atoms with Crippen LogP contribution in [0, 0.1) is 0 Å². The number of likely N-dealkylation sites (N-methyl/N-ethyl adjacent to an activating group) is 1. The number of amides is 2. The smallest absolute Gasteiger partial charge is 0.305 e. The number of carboxylic acid groups (broad SMARTS) is 1. The molecule has 0 bridgehead atoms. The molecule has 0 saturated heterocycles. The number of rotatable bonds is 8. The fraction of sp³-hybridized carbons (Fsp3) is 0.400. The summed E-state index contributed by atoms with van der Waals surface area (Å²) in [7, 11) is 1.49. The average Bonchev–Trinajstić information content (AvgIpc) is 2.50. The van der Waals surface area contributed by atoms with Crippen LogP contribution in [0.3, 0.4) is 0 Å². The molecule has 1 aromatic carbocycles. The normalized spacial score (nSPS) is 9.91. The molecule has 2 N–H and O–H groups in total. The Hall–Kier alpha value is -2.57. The summed E-state index contributed by atoms with van der Waals surface area (Å²) in [5, 5.41) is 11.1. The number of nitrogens with zero attached hydrogens (tertiary/aromatic N) is 1. The number of carbonyl (C=O) groups excluding carboxylic acids is 2. The molecule has 0 spiro atoms. The molecule has 1 rings (SSSR count). The summed E-state index contributed by atoms with van der Waals surface area (Å²) in [5.41, 5.74) is 0.421. The SMILES string of the molecule is CCOc1ccc(C(=O)NCC(=O)N(C)CCC(=O)O)cc1. The minimum atomic E-state index is -0.974. The Morgan fingerprint density at radius 3 is 2.41 bits per heavy atom. The van der Waals surface area contributed by atoms with Crippen molar-refractivity contribution in [1.82, 2.24) is 10.2 Å². The van der Waals surface area contributed by atoms with Crippen molar-refractivity contribution >= 4 is 17.8 Å². The highest BCUT2D eigenvalue weighted by atomic mass is 16.5. The van der Waals surface area contributed by atoms with E-state index in [0.717, 1.165) is 0 Å². The first-order valence-corrected chi connectivity index (χ1v) is 6.90. The minimum Gasteiger partial charge on any atom is -0.494 e. The number of carboxylic acids is 1. The lowest BCUT2D eigenvalue weighted by Crippen LogP contribution is -2.38. The number of hydrogen-bond acceptors (Lipinski definition) is 4. The molecule has 0 aliphatic carbocycles. The second-order valence-electron chi connectivity index (χ2n) is 4.60. The Morgan fingerprint density at radius 1 is 1.23 bits per heavy atom. The Balaban J connectivity index is 2.44. The van der Waals surface area contributed by atoms with Gasteiger partial charge in [0.1, 0.15) is 5.75 Å². The highest BCUT2D eigenvalue weighted by Gasteiger charge is 2.12. The van der Waals surface area contributed by atoms with Crippen LogP contribution in [0.2, 0.25) is 0 Å². The van der Waals surface area contributed by atoms with Gasteiger partial charge >= 0.3 is 5.97 Å². The van der Waals surface area contributed by atoms with Crippen molar-refractivity contribution in [2.75, 3.05) is 26.7 Å².